The van der Waals surface area contributed by atoms with Gasteiger partial charge in [-0.05, 0) is 13.3 Å². The first-order valence-electron chi connectivity index (χ1n) is 9.73. The van der Waals surface area contributed by atoms with Crippen molar-refractivity contribution in [1.29, 1.82) is 0 Å². The first kappa shape index (κ1) is 25.8. The summed E-state index contributed by atoms with van der Waals surface area (Å²) in [7, 11) is -4.88. The van der Waals surface area contributed by atoms with Gasteiger partial charge in [-0.3, -0.25) is 14.2 Å². The van der Waals surface area contributed by atoms with Crippen LogP contribution in [0.25, 0.3) is 0 Å². The molecule has 0 fully saturated rings. The second-order valence-electron chi connectivity index (χ2n) is 6.88. The van der Waals surface area contributed by atoms with Gasteiger partial charge in [-0.25, -0.2) is 4.79 Å². The van der Waals surface area contributed by atoms with Crippen molar-refractivity contribution in [2.24, 2.45) is 0 Å². The van der Waals surface area contributed by atoms with Crippen molar-refractivity contribution in [1.82, 2.24) is 0 Å². The summed E-state index contributed by atoms with van der Waals surface area (Å²) in [6.45, 7) is 3.87. The largest absolute Gasteiger partial charge is 0.481 e. The van der Waals surface area contributed by atoms with Crippen LogP contribution in [0.4, 0.5) is 0 Å². The summed E-state index contributed by atoms with van der Waals surface area (Å²) in [6.07, 6.45) is 11.0. The monoisotopic (exact) mass is 410 g/mol. The zero-order valence-corrected chi connectivity index (χ0v) is 17.2. The highest BCUT2D eigenvalue weighted by Crippen LogP contribution is 2.14. The molecule has 0 amide bonds. The third kappa shape index (κ3) is 14.5. The van der Waals surface area contributed by atoms with Crippen molar-refractivity contribution in [3.63, 3.8) is 0 Å². The van der Waals surface area contributed by atoms with Gasteiger partial charge in [0.1, 0.15) is 6.10 Å². The third-order valence-corrected chi connectivity index (χ3v) is 5.32. The van der Waals surface area contributed by atoms with E-state index >= 15 is 0 Å². The van der Waals surface area contributed by atoms with Crippen molar-refractivity contribution in [2.45, 2.75) is 102 Å². The van der Waals surface area contributed by atoms with Crippen LogP contribution in [0.5, 0.6) is 0 Å². The molecule has 27 heavy (non-hydrogen) atoms. The van der Waals surface area contributed by atoms with Crippen LogP contribution in [-0.4, -0.2) is 41.4 Å². The molecule has 0 aromatic heterocycles. The molecule has 8 nitrogen and oxygen atoms in total. The fourth-order valence-electron chi connectivity index (χ4n) is 2.62. The number of carbonyl (C=O) groups excluding carboxylic acids is 1. The van der Waals surface area contributed by atoms with Crippen LogP contribution in [0.1, 0.15) is 90.9 Å². The molecule has 2 unspecified atom stereocenters. The van der Waals surface area contributed by atoms with Crippen LogP contribution >= 0.6 is 0 Å². The van der Waals surface area contributed by atoms with E-state index in [1.165, 1.54) is 44.9 Å². The smallest absolute Gasteiger partial charge is 0.363 e. The zero-order valence-electron chi connectivity index (χ0n) is 16.4. The Morgan fingerprint density at radius 3 is 1.85 bits per heavy atom. The summed E-state index contributed by atoms with van der Waals surface area (Å²) >= 11 is 0. The van der Waals surface area contributed by atoms with Crippen LogP contribution in [-0.2, 0) is 29.5 Å². The Labute approximate surface area is 162 Å². The lowest BCUT2D eigenvalue weighted by atomic mass is 10.1. The lowest BCUT2D eigenvalue weighted by molar-refractivity contribution is -0.295. The minimum Gasteiger partial charge on any atom is -0.481 e. The van der Waals surface area contributed by atoms with Crippen molar-refractivity contribution in [2.75, 3.05) is 0 Å². The highest BCUT2D eigenvalue weighted by molar-refractivity contribution is 7.87. The molecule has 9 heteroatoms. The van der Waals surface area contributed by atoms with Crippen molar-refractivity contribution in [3.8, 4) is 0 Å². The number of carboxylic acid groups (broad SMARTS) is 1. The van der Waals surface area contributed by atoms with Gasteiger partial charge in [0.2, 0.25) is 0 Å². The average Bonchev–Trinajstić information content (AvgIpc) is 2.58. The van der Waals surface area contributed by atoms with E-state index in [4.69, 9.17) is 14.5 Å². The first-order valence-corrected chi connectivity index (χ1v) is 11.2. The highest BCUT2D eigenvalue weighted by atomic mass is 32.2. The SMILES string of the molecule is CCCCCCCCCCCCC(C)OOC(=O)C(CC(=O)O)S(=O)(=O)O. The minimum absolute atomic E-state index is 0.449. The number of carbonyl (C=O) groups is 2. The molecule has 160 valence electrons. The van der Waals surface area contributed by atoms with E-state index in [9.17, 15) is 18.0 Å². The molecule has 0 rings (SSSR count). The molecule has 0 saturated heterocycles. The number of unbranched alkanes of at least 4 members (excludes halogenated alkanes) is 9. The van der Waals surface area contributed by atoms with E-state index in [0.717, 1.165) is 19.3 Å². The summed E-state index contributed by atoms with van der Waals surface area (Å²) in [5, 5.41) is 6.41. The van der Waals surface area contributed by atoms with Crippen LogP contribution < -0.4 is 0 Å². The summed E-state index contributed by atoms with van der Waals surface area (Å²) in [6, 6.07) is 0. The average molecular weight is 411 g/mol. The quantitative estimate of drug-likeness (QED) is 0.160. The summed E-state index contributed by atoms with van der Waals surface area (Å²) in [5.74, 6) is -2.98. The van der Waals surface area contributed by atoms with Crippen LogP contribution in [0.2, 0.25) is 0 Å². The van der Waals surface area contributed by atoms with E-state index in [0.29, 0.717) is 6.42 Å². The number of hydrogen-bond donors (Lipinski definition) is 2. The van der Waals surface area contributed by atoms with Gasteiger partial charge >= 0.3 is 11.9 Å². The van der Waals surface area contributed by atoms with Crippen LogP contribution in [0, 0.1) is 0 Å². The van der Waals surface area contributed by atoms with Crippen LogP contribution in [0.3, 0.4) is 0 Å². The molecule has 0 saturated carbocycles. The lowest BCUT2D eigenvalue weighted by Gasteiger charge is -2.14. The number of aliphatic carboxylic acids is 1. The summed E-state index contributed by atoms with van der Waals surface area (Å²) < 4.78 is 31.0. The number of rotatable bonds is 17. The Morgan fingerprint density at radius 1 is 0.926 bits per heavy atom. The molecule has 0 heterocycles. The fourth-order valence-corrected chi connectivity index (χ4v) is 3.26. The first-order chi connectivity index (χ1) is 12.7. The van der Waals surface area contributed by atoms with Crippen molar-refractivity contribution < 1.29 is 37.4 Å². The molecule has 0 aliphatic heterocycles. The normalized spacial score (nSPS) is 13.9. The van der Waals surface area contributed by atoms with Gasteiger partial charge in [-0.15, -0.1) is 0 Å². The summed E-state index contributed by atoms with van der Waals surface area (Å²) in [5.41, 5.74) is 0. The van der Waals surface area contributed by atoms with Gasteiger partial charge in [0, 0.05) is 0 Å². The Morgan fingerprint density at radius 2 is 1.41 bits per heavy atom. The molecule has 0 aromatic rings. The topological polar surface area (TPSA) is 127 Å². The molecule has 0 bridgehead atoms. The molecule has 0 spiro atoms. The molecule has 0 radical (unpaired) electrons. The third-order valence-electron chi connectivity index (χ3n) is 4.24. The molecule has 2 atom stereocenters. The van der Waals surface area contributed by atoms with Gasteiger partial charge in [0.15, 0.2) is 5.25 Å². The predicted molar refractivity (Wildman–Crippen MR) is 101 cm³/mol. The number of carboxylic acids is 1. The van der Waals surface area contributed by atoms with Gasteiger partial charge in [0.25, 0.3) is 10.1 Å². The van der Waals surface area contributed by atoms with Gasteiger partial charge in [-0.2, -0.15) is 13.3 Å². The molecule has 2 N–H and O–H groups in total. The maximum Gasteiger partial charge on any atom is 0.363 e. The predicted octanol–water partition coefficient (Wildman–Crippen LogP) is 3.89. The zero-order chi connectivity index (χ0) is 20.7. The van der Waals surface area contributed by atoms with Gasteiger partial charge in [0.05, 0.1) is 6.42 Å². The van der Waals surface area contributed by atoms with Crippen molar-refractivity contribution in [3.05, 3.63) is 0 Å². The lowest BCUT2D eigenvalue weighted by Crippen LogP contribution is -2.34. The Kier molecular flexibility index (Phi) is 14.2. The standard InChI is InChI=1S/C18H34O8S/c1-3-4-5-6-7-8-9-10-11-12-13-15(2)25-26-18(21)16(14-17(19)20)27(22,23)24/h15-16H,3-14H2,1-2H3,(H,19,20)(H,22,23,24). The van der Waals surface area contributed by atoms with E-state index < -0.39 is 39.8 Å². The Bertz CT molecular complexity index is 517. The molecule has 0 aromatic carbocycles. The van der Waals surface area contributed by atoms with Gasteiger partial charge < -0.3 is 5.11 Å². The summed E-state index contributed by atoms with van der Waals surface area (Å²) in [4.78, 5) is 31.4. The number of hydrogen-bond acceptors (Lipinski definition) is 6. The molecular weight excluding hydrogens is 376 g/mol. The van der Waals surface area contributed by atoms with Crippen molar-refractivity contribution >= 4 is 22.1 Å². The van der Waals surface area contributed by atoms with Gasteiger partial charge in [-0.1, -0.05) is 71.1 Å². The van der Waals surface area contributed by atoms with E-state index in [1.807, 2.05) is 0 Å². The van der Waals surface area contributed by atoms with Crippen LogP contribution in [0.15, 0.2) is 0 Å². The Balaban J connectivity index is 3.85. The van der Waals surface area contributed by atoms with E-state index in [1.54, 1.807) is 6.92 Å². The maximum absolute atomic E-state index is 11.6. The highest BCUT2D eigenvalue weighted by Gasteiger charge is 2.36. The maximum atomic E-state index is 11.6. The minimum atomic E-state index is -4.88. The van der Waals surface area contributed by atoms with E-state index in [2.05, 4.69) is 11.8 Å². The second kappa shape index (κ2) is 14.8. The van der Waals surface area contributed by atoms with E-state index in [-0.39, 0.29) is 0 Å². The molecule has 0 aliphatic carbocycles. The molecular formula is C18H34O8S. The second-order valence-corrected chi connectivity index (χ2v) is 8.48. The Hall–Kier alpha value is -1.19. The fraction of sp³-hybridized carbons (Fsp3) is 0.889. The molecule has 0 aliphatic rings.